The molecule has 0 N–H and O–H groups in total. The molecular formula is C14H26NO2+. The highest BCUT2D eigenvalue weighted by atomic mass is 16.5. The van der Waals surface area contributed by atoms with E-state index in [0.29, 0.717) is 6.54 Å². The Balaban J connectivity index is 2.35. The summed E-state index contributed by atoms with van der Waals surface area (Å²) in [5, 5.41) is 0. The van der Waals surface area contributed by atoms with Crippen molar-refractivity contribution in [2.45, 2.75) is 45.6 Å². The topological polar surface area (TPSA) is 26.3 Å². The van der Waals surface area contributed by atoms with Crippen LogP contribution in [-0.4, -0.2) is 43.2 Å². The van der Waals surface area contributed by atoms with Crippen LogP contribution in [-0.2, 0) is 9.53 Å². The van der Waals surface area contributed by atoms with E-state index in [0.717, 1.165) is 29.6 Å². The Labute approximate surface area is 105 Å². The molecule has 0 bridgehead atoms. The number of carbonyl (C=O) groups is 1. The Morgan fingerprint density at radius 1 is 1.35 bits per heavy atom. The van der Waals surface area contributed by atoms with Crippen LogP contribution in [0.1, 0.15) is 39.5 Å². The first kappa shape index (κ1) is 14.2. The SMILES string of the molecule is C=C(C)CC(C)OC(=O)C[N+]1(C)CCCCC1. The van der Waals surface area contributed by atoms with Crippen molar-refractivity contribution in [2.75, 3.05) is 26.7 Å². The molecule has 1 atom stereocenters. The van der Waals surface area contributed by atoms with Gasteiger partial charge in [0, 0.05) is 6.42 Å². The summed E-state index contributed by atoms with van der Waals surface area (Å²) in [6, 6.07) is 0. The molecule has 1 unspecified atom stereocenters. The molecule has 0 aromatic rings. The van der Waals surface area contributed by atoms with Gasteiger partial charge < -0.3 is 9.22 Å². The highest BCUT2D eigenvalue weighted by Crippen LogP contribution is 2.16. The van der Waals surface area contributed by atoms with Gasteiger partial charge in [-0.2, -0.15) is 0 Å². The molecule has 3 heteroatoms. The number of piperidine rings is 1. The van der Waals surface area contributed by atoms with E-state index in [1.807, 2.05) is 13.8 Å². The maximum Gasteiger partial charge on any atom is 0.362 e. The predicted octanol–water partition coefficient (Wildman–Crippen LogP) is 2.51. The Kier molecular flexibility index (Phi) is 5.19. The van der Waals surface area contributed by atoms with E-state index in [2.05, 4.69) is 13.6 Å². The number of hydrogen-bond donors (Lipinski definition) is 0. The smallest absolute Gasteiger partial charge is 0.362 e. The fourth-order valence-electron chi connectivity index (χ4n) is 2.54. The molecular weight excluding hydrogens is 214 g/mol. The summed E-state index contributed by atoms with van der Waals surface area (Å²) >= 11 is 0. The minimum absolute atomic E-state index is 0.0450. The summed E-state index contributed by atoms with van der Waals surface area (Å²) in [5.74, 6) is -0.0665. The van der Waals surface area contributed by atoms with E-state index in [-0.39, 0.29) is 12.1 Å². The van der Waals surface area contributed by atoms with Crippen LogP contribution < -0.4 is 0 Å². The first-order chi connectivity index (χ1) is 7.91. The van der Waals surface area contributed by atoms with Gasteiger partial charge in [0.15, 0.2) is 6.54 Å². The van der Waals surface area contributed by atoms with Crippen LogP contribution in [0.4, 0.5) is 0 Å². The van der Waals surface area contributed by atoms with Crippen LogP contribution in [0.5, 0.6) is 0 Å². The molecule has 1 heterocycles. The monoisotopic (exact) mass is 240 g/mol. The van der Waals surface area contributed by atoms with Gasteiger partial charge in [0.25, 0.3) is 0 Å². The fraction of sp³-hybridized carbons (Fsp3) is 0.786. The van der Waals surface area contributed by atoms with Crippen molar-refractivity contribution < 1.29 is 14.0 Å². The molecule has 1 rings (SSSR count). The number of ether oxygens (including phenoxy) is 1. The van der Waals surface area contributed by atoms with Crippen molar-refractivity contribution in [2.24, 2.45) is 0 Å². The van der Waals surface area contributed by atoms with Crippen molar-refractivity contribution in [3.05, 3.63) is 12.2 Å². The highest BCUT2D eigenvalue weighted by molar-refractivity contribution is 5.70. The maximum atomic E-state index is 11.8. The van der Waals surface area contributed by atoms with Gasteiger partial charge in [0.05, 0.1) is 20.1 Å². The standard InChI is InChI=1S/C14H26NO2/c1-12(2)10-13(3)17-14(16)11-15(4)8-6-5-7-9-15/h13H,1,5-11H2,2-4H3/q+1. The summed E-state index contributed by atoms with van der Waals surface area (Å²) in [6.45, 7) is 10.4. The summed E-state index contributed by atoms with van der Waals surface area (Å²) < 4.78 is 6.26. The average Bonchev–Trinajstić information content (AvgIpc) is 2.15. The number of likely N-dealkylation sites (N-methyl/N-ethyl adjacent to an activating group) is 1. The number of rotatable bonds is 5. The Morgan fingerprint density at radius 2 is 1.94 bits per heavy atom. The number of nitrogens with zero attached hydrogens (tertiary/aromatic N) is 1. The summed E-state index contributed by atoms with van der Waals surface area (Å²) in [4.78, 5) is 11.8. The quantitative estimate of drug-likeness (QED) is 0.419. The number of carbonyl (C=O) groups excluding carboxylic acids is 1. The van der Waals surface area contributed by atoms with Gasteiger partial charge in [0.1, 0.15) is 6.10 Å². The molecule has 0 aromatic heterocycles. The van der Waals surface area contributed by atoms with Crippen molar-refractivity contribution in [3.8, 4) is 0 Å². The molecule has 0 aromatic carbocycles. The van der Waals surface area contributed by atoms with Crippen molar-refractivity contribution in [3.63, 3.8) is 0 Å². The molecule has 3 nitrogen and oxygen atoms in total. The van der Waals surface area contributed by atoms with Crippen molar-refractivity contribution >= 4 is 5.97 Å². The van der Waals surface area contributed by atoms with Crippen LogP contribution in [0.25, 0.3) is 0 Å². The lowest BCUT2D eigenvalue weighted by atomic mass is 10.1. The van der Waals surface area contributed by atoms with Gasteiger partial charge in [-0.15, -0.1) is 6.58 Å². The first-order valence-electron chi connectivity index (χ1n) is 6.59. The summed E-state index contributed by atoms with van der Waals surface area (Å²) in [6.07, 6.45) is 4.47. The number of likely N-dealkylation sites (tertiary alicyclic amines) is 1. The van der Waals surface area contributed by atoms with E-state index in [4.69, 9.17) is 4.74 Å². The van der Waals surface area contributed by atoms with Crippen LogP contribution >= 0.6 is 0 Å². The lowest BCUT2D eigenvalue weighted by Crippen LogP contribution is -2.51. The Morgan fingerprint density at radius 3 is 2.47 bits per heavy atom. The van der Waals surface area contributed by atoms with E-state index < -0.39 is 0 Å². The Hall–Kier alpha value is -0.830. The third-order valence-electron chi connectivity index (χ3n) is 3.38. The van der Waals surface area contributed by atoms with Crippen molar-refractivity contribution in [1.82, 2.24) is 0 Å². The van der Waals surface area contributed by atoms with Crippen LogP contribution in [0.3, 0.4) is 0 Å². The van der Waals surface area contributed by atoms with Crippen LogP contribution in [0, 0.1) is 0 Å². The third kappa shape index (κ3) is 5.35. The largest absolute Gasteiger partial charge is 0.458 e. The zero-order valence-electron chi connectivity index (χ0n) is 11.5. The minimum atomic E-state index is -0.0665. The molecule has 0 saturated carbocycles. The van der Waals surface area contributed by atoms with E-state index >= 15 is 0 Å². The van der Waals surface area contributed by atoms with Gasteiger partial charge in [0.2, 0.25) is 0 Å². The zero-order valence-corrected chi connectivity index (χ0v) is 11.5. The maximum absolute atomic E-state index is 11.8. The van der Waals surface area contributed by atoms with E-state index in [9.17, 15) is 4.79 Å². The van der Waals surface area contributed by atoms with Gasteiger partial charge in [-0.25, -0.2) is 4.79 Å². The molecule has 0 amide bonds. The average molecular weight is 240 g/mol. The zero-order chi connectivity index (χ0) is 12.9. The van der Waals surface area contributed by atoms with Gasteiger partial charge in [-0.05, 0) is 33.1 Å². The number of hydrogen-bond acceptors (Lipinski definition) is 2. The van der Waals surface area contributed by atoms with Gasteiger partial charge in [-0.3, -0.25) is 0 Å². The second-order valence-corrected chi connectivity index (χ2v) is 5.75. The van der Waals surface area contributed by atoms with Crippen molar-refractivity contribution in [1.29, 1.82) is 0 Å². The molecule has 17 heavy (non-hydrogen) atoms. The predicted molar refractivity (Wildman–Crippen MR) is 69.6 cm³/mol. The molecule has 0 radical (unpaired) electrons. The number of quaternary nitrogens is 1. The molecule has 98 valence electrons. The lowest BCUT2D eigenvalue weighted by Gasteiger charge is -2.36. The van der Waals surface area contributed by atoms with Gasteiger partial charge in [-0.1, -0.05) is 5.57 Å². The molecule has 1 saturated heterocycles. The second kappa shape index (κ2) is 6.20. The molecule has 1 aliphatic heterocycles. The number of esters is 1. The molecule has 0 spiro atoms. The van der Waals surface area contributed by atoms with Crippen LogP contribution in [0.15, 0.2) is 12.2 Å². The highest BCUT2D eigenvalue weighted by Gasteiger charge is 2.28. The summed E-state index contributed by atoms with van der Waals surface area (Å²) in [7, 11) is 2.16. The van der Waals surface area contributed by atoms with E-state index in [1.54, 1.807) is 0 Å². The van der Waals surface area contributed by atoms with Crippen LogP contribution in [0.2, 0.25) is 0 Å². The minimum Gasteiger partial charge on any atom is -0.458 e. The van der Waals surface area contributed by atoms with Gasteiger partial charge >= 0.3 is 5.97 Å². The molecule has 1 fully saturated rings. The van der Waals surface area contributed by atoms with E-state index in [1.165, 1.54) is 19.3 Å². The normalized spacial score (nSPS) is 20.6. The lowest BCUT2D eigenvalue weighted by molar-refractivity contribution is -0.907. The first-order valence-corrected chi connectivity index (χ1v) is 6.59. The second-order valence-electron chi connectivity index (χ2n) is 5.75. The summed E-state index contributed by atoms with van der Waals surface area (Å²) in [5.41, 5.74) is 1.06. The third-order valence-corrected chi connectivity index (χ3v) is 3.38. The Bertz CT molecular complexity index is 280. The fourth-order valence-corrected chi connectivity index (χ4v) is 2.54. The molecule has 1 aliphatic rings. The molecule has 0 aliphatic carbocycles.